The van der Waals surface area contributed by atoms with E-state index in [1.807, 2.05) is 18.0 Å². The SMILES string of the molecule is CCn1ccc(C(=O)N2CCC(Nc3ncnc4c3CCC4)CC2)n1. The molecule has 0 spiro atoms. The number of nitrogens with zero attached hydrogens (tertiary/aromatic N) is 5. The predicted octanol–water partition coefficient (Wildman–Crippen LogP) is 1.90. The number of carbonyl (C=O) groups excluding carboxylic acids is 1. The van der Waals surface area contributed by atoms with Crippen LogP contribution in [0, 0.1) is 0 Å². The molecule has 1 amide bonds. The van der Waals surface area contributed by atoms with Crippen LogP contribution in [-0.4, -0.2) is 49.7 Å². The molecule has 3 heterocycles. The summed E-state index contributed by atoms with van der Waals surface area (Å²) in [5.74, 6) is 1.03. The average Bonchev–Trinajstić information content (AvgIpc) is 3.31. The highest BCUT2D eigenvalue weighted by Crippen LogP contribution is 2.27. The van der Waals surface area contributed by atoms with Gasteiger partial charge in [-0.1, -0.05) is 0 Å². The average molecular weight is 340 g/mol. The van der Waals surface area contributed by atoms with E-state index < -0.39 is 0 Å². The molecule has 1 aliphatic heterocycles. The third-order valence-corrected chi connectivity index (χ3v) is 5.18. The van der Waals surface area contributed by atoms with Crippen LogP contribution in [0.1, 0.15) is 47.9 Å². The molecule has 4 rings (SSSR count). The number of fused-ring (bicyclic) bond motifs is 1. The Morgan fingerprint density at radius 2 is 2.12 bits per heavy atom. The molecule has 1 N–H and O–H groups in total. The molecule has 0 atom stereocenters. The Labute approximate surface area is 147 Å². The zero-order valence-corrected chi connectivity index (χ0v) is 14.6. The van der Waals surface area contributed by atoms with Crippen molar-refractivity contribution in [3.8, 4) is 0 Å². The number of anilines is 1. The lowest BCUT2D eigenvalue weighted by atomic mass is 10.0. The van der Waals surface area contributed by atoms with Gasteiger partial charge in [-0.25, -0.2) is 9.97 Å². The molecule has 1 fully saturated rings. The van der Waals surface area contributed by atoms with Gasteiger partial charge in [-0.05, 0) is 45.1 Å². The topological polar surface area (TPSA) is 75.9 Å². The van der Waals surface area contributed by atoms with Gasteiger partial charge < -0.3 is 10.2 Å². The Kier molecular flexibility index (Phi) is 4.38. The van der Waals surface area contributed by atoms with Gasteiger partial charge in [-0.15, -0.1) is 0 Å². The summed E-state index contributed by atoms with van der Waals surface area (Å²) in [6.45, 7) is 4.30. The monoisotopic (exact) mass is 340 g/mol. The third kappa shape index (κ3) is 3.23. The first-order valence-electron chi connectivity index (χ1n) is 9.16. The van der Waals surface area contributed by atoms with Gasteiger partial charge in [-0.3, -0.25) is 9.48 Å². The molecule has 0 radical (unpaired) electrons. The maximum absolute atomic E-state index is 12.6. The van der Waals surface area contributed by atoms with Crippen molar-refractivity contribution in [2.45, 2.75) is 51.6 Å². The summed E-state index contributed by atoms with van der Waals surface area (Å²) in [5, 5.41) is 7.91. The fourth-order valence-electron chi connectivity index (χ4n) is 3.72. The van der Waals surface area contributed by atoms with Crippen LogP contribution in [0.5, 0.6) is 0 Å². The lowest BCUT2D eigenvalue weighted by molar-refractivity contribution is 0.0711. The lowest BCUT2D eigenvalue weighted by Crippen LogP contribution is -2.42. The zero-order chi connectivity index (χ0) is 17.2. The van der Waals surface area contributed by atoms with E-state index in [-0.39, 0.29) is 5.91 Å². The Morgan fingerprint density at radius 3 is 2.88 bits per heavy atom. The van der Waals surface area contributed by atoms with Crippen LogP contribution in [-0.2, 0) is 19.4 Å². The van der Waals surface area contributed by atoms with E-state index in [0.29, 0.717) is 11.7 Å². The van der Waals surface area contributed by atoms with Crippen molar-refractivity contribution in [1.29, 1.82) is 0 Å². The normalized spacial score (nSPS) is 17.6. The van der Waals surface area contributed by atoms with Crippen molar-refractivity contribution in [3.05, 3.63) is 35.5 Å². The highest BCUT2D eigenvalue weighted by atomic mass is 16.2. The molecule has 0 saturated carbocycles. The molecule has 2 aliphatic rings. The third-order valence-electron chi connectivity index (χ3n) is 5.18. The minimum absolute atomic E-state index is 0.0357. The molecular formula is C18H24N6O. The van der Waals surface area contributed by atoms with Crippen LogP contribution in [0.15, 0.2) is 18.6 Å². The van der Waals surface area contributed by atoms with Crippen molar-refractivity contribution >= 4 is 11.7 Å². The van der Waals surface area contributed by atoms with Gasteiger partial charge in [0.05, 0.1) is 0 Å². The van der Waals surface area contributed by atoms with Crippen LogP contribution < -0.4 is 5.32 Å². The molecule has 132 valence electrons. The second kappa shape index (κ2) is 6.82. The second-order valence-corrected chi connectivity index (χ2v) is 6.77. The van der Waals surface area contributed by atoms with Gasteiger partial charge in [0, 0.05) is 43.1 Å². The van der Waals surface area contributed by atoms with E-state index in [0.717, 1.165) is 51.1 Å². The fourth-order valence-corrected chi connectivity index (χ4v) is 3.72. The highest BCUT2D eigenvalue weighted by molar-refractivity contribution is 5.92. The van der Waals surface area contributed by atoms with E-state index in [9.17, 15) is 4.79 Å². The highest BCUT2D eigenvalue weighted by Gasteiger charge is 2.26. The van der Waals surface area contributed by atoms with Crippen molar-refractivity contribution < 1.29 is 4.79 Å². The quantitative estimate of drug-likeness (QED) is 0.920. The van der Waals surface area contributed by atoms with Crippen LogP contribution >= 0.6 is 0 Å². The Bertz CT molecular complexity index is 763. The first kappa shape index (κ1) is 16.1. The van der Waals surface area contributed by atoms with Gasteiger partial charge in [0.25, 0.3) is 5.91 Å². The summed E-state index contributed by atoms with van der Waals surface area (Å²) in [6.07, 6.45) is 8.67. The molecule has 7 heteroatoms. The number of rotatable bonds is 4. The molecule has 2 aromatic rings. The number of likely N-dealkylation sites (tertiary alicyclic amines) is 1. The number of nitrogens with one attached hydrogen (secondary N) is 1. The lowest BCUT2D eigenvalue weighted by Gasteiger charge is -2.32. The van der Waals surface area contributed by atoms with Crippen molar-refractivity contribution in [1.82, 2.24) is 24.6 Å². The molecule has 0 aromatic carbocycles. The van der Waals surface area contributed by atoms with E-state index in [4.69, 9.17) is 0 Å². The van der Waals surface area contributed by atoms with Crippen molar-refractivity contribution in [2.75, 3.05) is 18.4 Å². The summed E-state index contributed by atoms with van der Waals surface area (Å²) in [5.41, 5.74) is 3.02. The van der Waals surface area contributed by atoms with Gasteiger partial charge in [0.2, 0.25) is 0 Å². The first-order chi connectivity index (χ1) is 12.2. The Balaban J connectivity index is 1.35. The van der Waals surface area contributed by atoms with Gasteiger partial charge in [0.1, 0.15) is 17.8 Å². The maximum atomic E-state index is 12.6. The van der Waals surface area contributed by atoms with Gasteiger partial charge >= 0.3 is 0 Å². The number of amides is 1. The molecule has 25 heavy (non-hydrogen) atoms. The zero-order valence-electron chi connectivity index (χ0n) is 14.6. The summed E-state index contributed by atoms with van der Waals surface area (Å²) in [4.78, 5) is 23.3. The van der Waals surface area contributed by atoms with Crippen molar-refractivity contribution in [2.24, 2.45) is 0 Å². The predicted molar refractivity (Wildman–Crippen MR) is 94.5 cm³/mol. The minimum atomic E-state index is 0.0357. The standard InChI is InChI=1S/C18H24N6O/c1-2-24-11-8-16(22-24)18(25)23-9-6-13(7-10-23)21-17-14-4-3-5-15(14)19-12-20-17/h8,11-13H,2-7,9-10H2,1H3,(H,19,20,21). The first-order valence-corrected chi connectivity index (χ1v) is 9.16. The van der Waals surface area contributed by atoms with Crippen LogP contribution in [0.3, 0.4) is 0 Å². The molecule has 7 nitrogen and oxygen atoms in total. The summed E-state index contributed by atoms with van der Waals surface area (Å²) < 4.78 is 1.79. The van der Waals surface area contributed by atoms with Gasteiger partial charge in [0.15, 0.2) is 0 Å². The molecule has 2 aromatic heterocycles. The largest absolute Gasteiger partial charge is 0.367 e. The number of hydrogen-bond acceptors (Lipinski definition) is 5. The molecule has 0 bridgehead atoms. The molecule has 1 aliphatic carbocycles. The van der Waals surface area contributed by atoms with E-state index >= 15 is 0 Å². The molecular weight excluding hydrogens is 316 g/mol. The molecule has 0 unspecified atom stereocenters. The number of piperidine rings is 1. The van der Waals surface area contributed by atoms with Crippen LogP contribution in [0.4, 0.5) is 5.82 Å². The van der Waals surface area contributed by atoms with Crippen LogP contribution in [0.2, 0.25) is 0 Å². The summed E-state index contributed by atoms with van der Waals surface area (Å²) >= 11 is 0. The Morgan fingerprint density at radius 1 is 1.28 bits per heavy atom. The Hall–Kier alpha value is -2.44. The van der Waals surface area contributed by atoms with E-state index in [2.05, 4.69) is 20.4 Å². The summed E-state index contributed by atoms with van der Waals surface area (Å²) in [7, 11) is 0. The number of aromatic nitrogens is 4. The minimum Gasteiger partial charge on any atom is -0.367 e. The number of aryl methyl sites for hydroxylation is 2. The fraction of sp³-hybridized carbons (Fsp3) is 0.556. The molecule has 1 saturated heterocycles. The second-order valence-electron chi connectivity index (χ2n) is 6.77. The maximum Gasteiger partial charge on any atom is 0.274 e. The summed E-state index contributed by atoms with van der Waals surface area (Å²) in [6, 6.07) is 2.16. The van der Waals surface area contributed by atoms with Crippen LogP contribution in [0.25, 0.3) is 0 Å². The van der Waals surface area contributed by atoms with Crippen molar-refractivity contribution in [3.63, 3.8) is 0 Å². The smallest absolute Gasteiger partial charge is 0.274 e. The van der Waals surface area contributed by atoms with E-state index in [1.165, 1.54) is 17.7 Å². The van der Waals surface area contributed by atoms with Gasteiger partial charge in [-0.2, -0.15) is 5.10 Å². The van der Waals surface area contributed by atoms with E-state index in [1.54, 1.807) is 17.1 Å². The number of hydrogen-bond donors (Lipinski definition) is 1. The number of carbonyl (C=O) groups is 1.